The molecule has 0 bridgehead atoms. The molecule has 0 radical (unpaired) electrons. The van der Waals surface area contributed by atoms with E-state index in [-0.39, 0.29) is 18.3 Å². The Kier molecular flexibility index (Phi) is 7.04. The number of carbonyl (C=O) groups excluding carboxylic acids is 2. The van der Waals surface area contributed by atoms with Gasteiger partial charge in [0.1, 0.15) is 0 Å². The highest BCUT2D eigenvalue weighted by Crippen LogP contribution is 2.29. The molecule has 0 saturated heterocycles. The number of aryl methyl sites for hydroxylation is 1. The third-order valence-corrected chi connectivity index (χ3v) is 5.43. The van der Waals surface area contributed by atoms with Crippen LogP contribution in [-0.4, -0.2) is 25.4 Å². The third kappa shape index (κ3) is 5.51. The van der Waals surface area contributed by atoms with Gasteiger partial charge in [-0.15, -0.1) is 0 Å². The standard InChI is InChI=1S/C29H25NO4/c1-20-7-3-6-10-25(20)30-29(32)19-34-27-16-12-21(17-28(27)33-2)11-15-26(31)24-14-13-22-8-4-5-9-23(22)18-24/h3-18H,19H2,1-2H3,(H,30,32)/b15-11+. The van der Waals surface area contributed by atoms with Crippen LogP contribution in [0.4, 0.5) is 5.69 Å². The average molecular weight is 452 g/mol. The van der Waals surface area contributed by atoms with E-state index < -0.39 is 0 Å². The largest absolute Gasteiger partial charge is 0.493 e. The molecule has 5 nitrogen and oxygen atoms in total. The lowest BCUT2D eigenvalue weighted by molar-refractivity contribution is -0.118. The Hall–Kier alpha value is -4.38. The number of nitrogens with one attached hydrogen (secondary N) is 1. The number of para-hydroxylation sites is 1. The number of fused-ring (bicyclic) bond motifs is 1. The molecule has 0 aromatic heterocycles. The van der Waals surface area contributed by atoms with E-state index in [1.807, 2.05) is 73.7 Å². The Bertz CT molecular complexity index is 1370. The lowest BCUT2D eigenvalue weighted by Gasteiger charge is -2.12. The van der Waals surface area contributed by atoms with Crippen molar-refractivity contribution in [3.8, 4) is 11.5 Å². The van der Waals surface area contributed by atoms with E-state index in [1.165, 1.54) is 13.2 Å². The van der Waals surface area contributed by atoms with Crippen LogP contribution in [0.2, 0.25) is 0 Å². The van der Waals surface area contributed by atoms with Gasteiger partial charge in [-0.05, 0) is 59.2 Å². The van der Waals surface area contributed by atoms with E-state index >= 15 is 0 Å². The van der Waals surface area contributed by atoms with Crippen molar-refractivity contribution in [2.45, 2.75) is 6.92 Å². The Morgan fingerprint density at radius 2 is 1.62 bits per heavy atom. The highest BCUT2D eigenvalue weighted by Gasteiger charge is 2.10. The summed E-state index contributed by atoms with van der Waals surface area (Å²) in [5.74, 6) is 0.573. The Balaban J connectivity index is 1.40. The number of allylic oxidation sites excluding steroid dienone is 1. The molecule has 0 aliphatic carbocycles. The lowest BCUT2D eigenvalue weighted by Crippen LogP contribution is -2.20. The number of benzene rings is 4. The predicted octanol–water partition coefficient (Wildman–Crippen LogP) is 6.07. The van der Waals surface area contributed by atoms with E-state index in [1.54, 1.807) is 24.3 Å². The van der Waals surface area contributed by atoms with Crippen LogP contribution in [0, 0.1) is 6.92 Å². The quantitative estimate of drug-likeness (QED) is 0.261. The molecule has 4 aromatic rings. The summed E-state index contributed by atoms with van der Waals surface area (Å²) in [5, 5.41) is 4.95. The summed E-state index contributed by atoms with van der Waals surface area (Å²) in [5.41, 5.74) is 3.13. The SMILES string of the molecule is COc1cc(/C=C/C(=O)c2ccc3ccccc3c2)ccc1OCC(=O)Nc1ccccc1C. The Labute approximate surface area is 198 Å². The first-order valence-electron chi connectivity index (χ1n) is 10.9. The maximum atomic E-state index is 12.6. The zero-order valence-electron chi connectivity index (χ0n) is 19.1. The molecule has 34 heavy (non-hydrogen) atoms. The highest BCUT2D eigenvalue weighted by atomic mass is 16.5. The van der Waals surface area contributed by atoms with Gasteiger partial charge >= 0.3 is 0 Å². The highest BCUT2D eigenvalue weighted by molar-refractivity contribution is 6.08. The molecule has 1 N–H and O–H groups in total. The maximum Gasteiger partial charge on any atom is 0.262 e. The molecule has 170 valence electrons. The molecule has 0 aliphatic heterocycles. The van der Waals surface area contributed by atoms with Crippen molar-refractivity contribution in [2.75, 3.05) is 19.0 Å². The predicted molar refractivity (Wildman–Crippen MR) is 136 cm³/mol. The molecule has 0 saturated carbocycles. The zero-order valence-corrected chi connectivity index (χ0v) is 19.1. The molecular weight excluding hydrogens is 426 g/mol. The number of rotatable bonds is 8. The summed E-state index contributed by atoms with van der Waals surface area (Å²) >= 11 is 0. The smallest absolute Gasteiger partial charge is 0.262 e. The number of carbonyl (C=O) groups is 2. The van der Waals surface area contributed by atoms with Gasteiger partial charge in [0.25, 0.3) is 5.91 Å². The summed E-state index contributed by atoms with van der Waals surface area (Å²) in [7, 11) is 1.53. The Morgan fingerprint density at radius 1 is 0.853 bits per heavy atom. The molecule has 0 heterocycles. The van der Waals surface area contributed by atoms with Crippen molar-refractivity contribution in [1.82, 2.24) is 0 Å². The van der Waals surface area contributed by atoms with Gasteiger partial charge in [0.2, 0.25) is 0 Å². The second kappa shape index (κ2) is 10.5. The van der Waals surface area contributed by atoms with Crippen molar-refractivity contribution in [3.63, 3.8) is 0 Å². The van der Waals surface area contributed by atoms with Crippen molar-refractivity contribution >= 4 is 34.2 Å². The first kappa shape index (κ1) is 22.8. The molecule has 0 atom stereocenters. The van der Waals surface area contributed by atoms with Gasteiger partial charge in [0.05, 0.1) is 7.11 Å². The minimum Gasteiger partial charge on any atom is -0.493 e. The fourth-order valence-electron chi connectivity index (χ4n) is 3.56. The van der Waals surface area contributed by atoms with E-state index in [2.05, 4.69) is 5.32 Å². The second-order valence-electron chi connectivity index (χ2n) is 7.82. The number of amides is 1. The number of hydrogen-bond acceptors (Lipinski definition) is 4. The minimum atomic E-state index is -0.263. The second-order valence-corrected chi connectivity index (χ2v) is 7.82. The molecular formula is C29H25NO4. The zero-order chi connectivity index (χ0) is 23.9. The van der Waals surface area contributed by atoms with Crippen LogP contribution in [0.25, 0.3) is 16.8 Å². The van der Waals surface area contributed by atoms with Crippen LogP contribution in [0.1, 0.15) is 21.5 Å². The van der Waals surface area contributed by atoms with Crippen molar-refractivity contribution in [1.29, 1.82) is 0 Å². The van der Waals surface area contributed by atoms with Gasteiger partial charge in [0, 0.05) is 11.3 Å². The molecule has 4 rings (SSSR count). The van der Waals surface area contributed by atoms with E-state index in [9.17, 15) is 9.59 Å². The number of anilines is 1. The third-order valence-electron chi connectivity index (χ3n) is 5.43. The number of hydrogen-bond donors (Lipinski definition) is 1. The normalized spacial score (nSPS) is 10.9. The van der Waals surface area contributed by atoms with E-state index in [0.717, 1.165) is 27.6 Å². The van der Waals surface area contributed by atoms with Gasteiger partial charge in [-0.25, -0.2) is 0 Å². The van der Waals surface area contributed by atoms with Crippen molar-refractivity contribution in [2.24, 2.45) is 0 Å². The molecule has 1 amide bonds. The van der Waals surface area contributed by atoms with Gasteiger partial charge in [-0.3, -0.25) is 9.59 Å². The molecule has 0 spiro atoms. The first-order chi connectivity index (χ1) is 16.5. The van der Waals surface area contributed by atoms with E-state index in [0.29, 0.717) is 17.1 Å². The summed E-state index contributed by atoms with van der Waals surface area (Å²) in [6, 6.07) is 26.4. The average Bonchev–Trinajstić information content (AvgIpc) is 2.87. The van der Waals surface area contributed by atoms with Gasteiger partial charge in [0.15, 0.2) is 23.9 Å². The number of ether oxygens (including phenoxy) is 2. The maximum absolute atomic E-state index is 12.6. The topological polar surface area (TPSA) is 64.6 Å². The van der Waals surface area contributed by atoms with Gasteiger partial charge in [-0.2, -0.15) is 0 Å². The minimum absolute atomic E-state index is 0.0853. The Morgan fingerprint density at radius 3 is 2.41 bits per heavy atom. The van der Waals surface area contributed by atoms with Gasteiger partial charge < -0.3 is 14.8 Å². The molecule has 0 unspecified atom stereocenters. The van der Waals surface area contributed by atoms with Crippen LogP contribution in [-0.2, 0) is 4.79 Å². The van der Waals surface area contributed by atoms with Gasteiger partial charge in [-0.1, -0.05) is 66.7 Å². The first-order valence-corrected chi connectivity index (χ1v) is 10.9. The van der Waals surface area contributed by atoms with E-state index in [4.69, 9.17) is 9.47 Å². The number of methoxy groups -OCH3 is 1. The molecule has 4 aromatic carbocycles. The van der Waals surface area contributed by atoms with Crippen molar-refractivity contribution < 1.29 is 19.1 Å². The van der Waals surface area contributed by atoms with Crippen LogP contribution in [0.5, 0.6) is 11.5 Å². The van der Waals surface area contributed by atoms with Crippen molar-refractivity contribution in [3.05, 3.63) is 108 Å². The van der Waals surface area contributed by atoms with Crippen LogP contribution >= 0.6 is 0 Å². The molecule has 5 heteroatoms. The van der Waals surface area contributed by atoms with Crippen LogP contribution in [0.3, 0.4) is 0 Å². The monoisotopic (exact) mass is 451 g/mol. The summed E-state index contributed by atoms with van der Waals surface area (Å²) < 4.78 is 11.1. The lowest BCUT2D eigenvalue weighted by atomic mass is 10.0. The van der Waals surface area contributed by atoms with Crippen LogP contribution < -0.4 is 14.8 Å². The summed E-state index contributed by atoms with van der Waals surface area (Å²) in [4.78, 5) is 24.9. The fraction of sp³-hybridized carbons (Fsp3) is 0.103. The summed E-state index contributed by atoms with van der Waals surface area (Å²) in [6.45, 7) is 1.77. The molecule has 0 aliphatic rings. The number of ketones is 1. The summed E-state index contributed by atoms with van der Waals surface area (Å²) in [6.07, 6.45) is 3.27. The molecule has 0 fully saturated rings. The van der Waals surface area contributed by atoms with Crippen LogP contribution in [0.15, 0.2) is 91.0 Å². The fourth-order valence-corrected chi connectivity index (χ4v) is 3.56.